The minimum absolute atomic E-state index is 0.0195. The van der Waals surface area contributed by atoms with Crippen LogP contribution in [0.25, 0.3) is 10.1 Å². The number of amides is 2. The van der Waals surface area contributed by atoms with Gasteiger partial charge in [0, 0.05) is 23.2 Å². The number of hydrogen-bond donors (Lipinski definition) is 3. The van der Waals surface area contributed by atoms with Crippen molar-refractivity contribution in [3.8, 4) is 5.75 Å². The number of aliphatic carboxylic acids is 1. The van der Waals surface area contributed by atoms with E-state index in [0.717, 1.165) is 17.4 Å². The highest BCUT2D eigenvalue weighted by Gasteiger charge is 2.28. The maximum Gasteiger partial charge on any atom is 0.306 e. The van der Waals surface area contributed by atoms with E-state index in [-0.39, 0.29) is 18.8 Å². The largest absolute Gasteiger partial charge is 0.487 e. The lowest BCUT2D eigenvalue weighted by Crippen LogP contribution is -2.34. The summed E-state index contributed by atoms with van der Waals surface area (Å²) in [6.45, 7) is -0.0262. The van der Waals surface area contributed by atoms with Crippen molar-refractivity contribution in [1.82, 2.24) is 10.6 Å². The van der Waals surface area contributed by atoms with Crippen LogP contribution in [0.3, 0.4) is 0 Å². The molecule has 1 aromatic heterocycles. The van der Waals surface area contributed by atoms with E-state index in [1.807, 2.05) is 0 Å². The minimum Gasteiger partial charge on any atom is -0.487 e. The van der Waals surface area contributed by atoms with E-state index in [4.69, 9.17) is 9.84 Å². The molecule has 1 saturated carbocycles. The van der Waals surface area contributed by atoms with Crippen LogP contribution in [0.5, 0.6) is 5.75 Å². The van der Waals surface area contributed by atoms with Gasteiger partial charge in [-0.2, -0.15) is 4.39 Å². The lowest BCUT2D eigenvalue weighted by atomic mass is 9.87. The molecule has 1 aliphatic rings. The highest BCUT2D eigenvalue weighted by molar-refractivity contribution is 7.20. The normalized spacial score (nSPS) is 17.5. The molecule has 0 atom stereocenters. The molecular weight excluding hydrogens is 497 g/mol. The van der Waals surface area contributed by atoms with E-state index in [1.54, 1.807) is 12.1 Å². The number of benzene rings is 2. The Morgan fingerprint density at radius 1 is 0.944 bits per heavy atom. The van der Waals surface area contributed by atoms with Crippen molar-refractivity contribution in [2.24, 2.45) is 5.92 Å². The molecule has 0 bridgehead atoms. The van der Waals surface area contributed by atoms with Gasteiger partial charge in [0.1, 0.15) is 5.82 Å². The summed E-state index contributed by atoms with van der Waals surface area (Å²) < 4.78 is 49.0. The summed E-state index contributed by atoms with van der Waals surface area (Å²) >= 11 is 1.13. The molecule has 0 spiro atoms. The standard InChI is InChI=1S/C25H23F3N2O5S/c26-17-2-1-3-19-16(17)12-20(36-19)24(32)30-11-10-29-23(31)15-8-9-18(22(28)21(15)27)35-14-6-4-13(5-7-14)25(33)34/h1-3,8-9,12-14H,4-7,10-11H2,(H,29,31)(H,30,32)(H,33,34). The number of carbonyl (C=O) groups excluding carboxylic acids is 2. The predicted octanol–water partition coefficient (Wildman–Crippen LogP) is 4.50. The fraction of sp³-hybridized carbons (Fsp3) is 0.320. The van der Waals surface area contributed by atoms with Gasteiger partial charge in [-0.25, -0.2) is 8.78 Å². The zero-order valence-corrected chi connectivity index (χ0v) is 19.8. The summed E-state index contributed by atoms with van der Waals surface area (Å²) in [7, 11) is 0. The van der Waals surface area contributed by atoms with Crippen molar-refractivity contribution >= 4 is 39.2 Å². The Balaban J connectivity index is 1.28. The molecule has 2 aromatic carbocycles. The first kappa shape index (κ1) is 25.5. The fourth-order valence-electron chi connectivity index (χ4n) is 4.08. The van der Waals surface area contributed by atoms with Crippen LogP contribution in [0.15, 0.2) is 36.4 Å². The second-order valence-electron chi connectivity index (χ2n) is 8.44. The average molecular weight is 521 g/mol. The zero-order valence-electron chi connectivity index (χ0n) is 19.0. The van der Waals surface area contributed by atoms with E-state index in [0.29, 0.717) is 40.6 Å². The van der Waals surface area contributed by atoms with Gasteiger partial charge in [0.05, 0.1) is 22.5 Å². The SMILES string of the molecule is O=C(NCCNC(=O)c1ccc(OC2CCC(C(=O)O)CC2)c(F)c1F)c1cc2c(F)cccc2s1. The molecule has 11 heteroatoms. The highest BCUT2D eigenvalue weighted by Crippen LogP contribution is 2.30. The second kappa shape index (κ2) is 11.0. The molecule has 190 valence electrons. The highest BCUT2D eigenvalue weighted by atomic mass is 32.1. The van der Waals surface area contributed by atoms with Crippen molar-refractivity contribution in [2.45, 2.75) is 31.8 Å². The number of carboxylic acids is 1. The molecule has 0 radical (unpaired) electrons. The van der Waals surface area contributed by atoms with E-state index < -0.39 is 52.8 Å². The van der Waals surface area contributed by atoms with Crippen molar-refractivity contribution in [3.05, 3.63) is 64.3 Å². The Hall–Kier alpha value is -3.60. The number of nitrogens with one attached hydrogen (secondary N) is 2. The molecule has 3 aromatic rings. The summed E-state index contributed by atoms with van der Waals surface area (Å²) in [6.07, 6.45) is 1.15. The van der Waals surface area contributed by atoms with Crippen molar-refractivity contribution < 1.29 is 37.4 Å². The van der Waals surface area contributed by atoms with Gasteiger partial charge in [0.15, 0.2) is 11.6 Å². The van der Waals surface area contributed by atoms with E-state index in [9.17, 15) is 27.6 Å². The fourth-order valence-corrected chi connectivity index (χ4v) is 5.07. The molecule has 4 rings (SSSR count). The molecular formula is C25H23F3N2O5S. The maximum atomic E-state index is 14.5. The Kier molecular flexibility index (Phi) is 7.78. The van der Waals surface area contributed by atoms with Gasteiger partial charge < -0.3 is 20.5 Å². The number of fused-ring (bicyclic) bond motifs is 1. The summed E-state index contributed by atoms with van der Waals surface area (Å²) in [5.74, 6) is -6.07. The van der Waals surface area contributed by atoms with Gasteiger partial charge in [-0.15, -0.1) is 11.3 Å². The molecule has 1 heterocycles. The van der Waals surface area contributed by atoms with Crippen LogP contribution in [0, 0.1) is 23.4 Å². The summed E-state index contributed by atoms with van der Waals surface area (Å²) in [4.78, 5) is 36.0. The van der Waals surface area contributed by atoms with Crippen LogP contribution < -0.4 is 15.4 Å². The van der Waals surface area contributed by atoms with Gasteiger partial charge in [-0.3, -0.25) is 14.4 Å². The lowest BCUT2D eigenvalue weighted by molar-refractivity contribution is -0.143. The maximum absolute atomic E-state index is 14.5. The van der Waals surface area contributed by atoms with E-state index in [2.05, 4.69) is 10.6 Å². The molecule has 0 aliphatic heterocycles. The van der Waals surface area contributed by atoms with Crippen LogP contribution in [-0.4, -0.2) is 42.1 Å². The van der Waals surface area contributed by atoms with Crippen LogP contribution in [0.2, 0.25) is 0 Å². The Labute approximate surface area is 208 Å². The first-order valence-electron chi connectivity index (χ1n) is 11.4. The van der Waals surface area contributed by atoms with Crippen molar-refractivity contribution in [1.29, 1.82) is 0 Å². The number of ether oxygens (including phenoxy) is 1. The summed E-state index contributed by atoms with van der Waals surface area (Å²) in [6, 6.07) is 8.28. The third-order valence-corrected chi connectivity index (χ3v) is 7.14. The van der Waals surface area contributed by atoms with Crippen LogP contribution in [0.4, 0.5) is 13.2 Å². The molecule has 0 saturated heterocycles. The molecule has 36 heavy (non-hydrogen) atoms. The zero-order chi connectivity index (χ0) is 25.8. The van der Waals surface area contributed by atoms with Crippen LogP contribution >= 0.6 is 11.3 Å². The predicted molar refractivity (Wildman–Crippen MR) is 127 cm³/mol. The Morgan fingerprint density at radius 2 is 1.64 bits per heavy atom. The summed E-state index contributed by atoms with van der Waals surface area (Å²) in [5, 5.41) is 14.4. The number of carboxylic acid groups (broad SMARTS) is 1. The number of carbonyl (C=O) groups is 3. The van der Waals surface area contributed by atoms with Crippen LogP contribution in [0.1, 0.15) is 45.7 Å². The van der Waals surface area contributed by atoms with E-state index in [1.165, 1.54) is 18.2 Å². The Bertz CT molecular complexity index is 1300. The second-order valence-corrected chi connectivity index (χ2v) is 9.53. The minimum atomic E-state index is -1.36. The molecule has 2 amide bonds. The molecule has 7 nitrogen and oxygen atoms in total. The van der Waals surface area contributed by atoms with Gasteiger partial charge >= 0.3 is 5.97 Å². The first-order chi connectivity index (χ1) is 17.2. The average Bonchev–Trinajstić information content (AvgIpc) is 3.31. The monoisotopic (exact) mass is 520 g/mol. The number of thiophene rings is 1. The molecule has 0 unspecified atom stereocenters. The van der Waals surface area contributed by atoms with Gasteiger partial charge in [0.25, 0.3) is 11.8 Å². The van der Waals surface area contributed by atoms with Gasteiger partial charge in [-0.1, -0.05) is 6.07 Å². The molecule has 1 fully saturated rings. The van der Waals surface area contributed by atoms with Crippen LogP contribution in [-0.2, 0) is 4.79 Å². The van der Waals surface area contributed by atoms with Crippen molar-refractivity contribution in [2.75, 3.05) is 13.1 Å². The summed E-state index contributed by atoms with van der Waals surface area (Å²) in [5.41, 5.74) is -0.513. The van der Waals surface area contributed by atoms with Gasteiger partial charge in [-0.05, 0) is 56.0 Å². The Morgan fingerprint density at radius 3 is 2.31 bits per heavy atom. The smallest absolute Gasteiger partial charge is 0.306 e. The van der Waals surface area contributed by atoms with Crippen molar-refractivity contribution in [3.63, 3.8) is 0 Å². The first-order valence-corrected chi connectivity index (χ1v) is 12.2. The molecule has 1 aliphatic carbocycles. The van der Waals surface area contributed by atoms with E-state index >= 15 is 0 Å². The number of hydrogen-bond acceptors (Lipinski definition) is 5. The lowest BCUT2D eigenvalue weighted by Gasteiger charge is -2.27. The number of halogens is 3. The molecule has 3 N–H and O–H groups in total. The quantitative estimate of drug-likeness (QED) is 0.380. The number of rotatable bonds is 8. The van der Waals surface area contributed by atoms with Gasteiger partial charge in [0.2, 0.25) is 5.82 Å². The third kappa shape index (κ3) is 5.62. The topological polar surface area (TPSA) is 105 Å². The third-order valence-electron chi connectivity index (χ3n) is 6.04.